The normalized spacial score (nSPS) is 26.2. The summed E-state index contributed by atoms with van der Waals surface area (Å²) in [4.78, 5) is 19.8. The van der Waals surface area contributed by atoms with Gasteiger partial charge in [-0.3, -0.25) is 19.9 Å². The molecule has 4 fully saturated rings. The molecule has 0 radical (unpaired) electrons. The summed E-state index contributed by atoms with van der Waals surface area (Å²) in [6.07, 6.45) is 10.1. The van der Waals surface area contributed by atoms with Gasteiger partial charge in [-0.25, -0.2) is 0 Å². The molecule has 6 rings (SSSR count). The predicted molar refractivity (Wildman–Crippen MR) is 180 cm³/mol. The Labute approximate surface area is 274 Å². The van der Waals surface area contributed by atoms with Crippen molar-refractivity contribution in [2.75, 3.05) is 39.3 Å². The topological polar surface area (TPSA) is 79.3 Å². The predicted octanol–water partition coefficient (Wildman–Crippen LogP) is 5.81. The van der Waals surface area contributed by atoms with Crippen LogP contribution in [0.3, 0.4) is 0 Å². The van der Waals surface area contributed by atoms with Crippen molar-refractivity contribution in [2.45, 2.75) is 95.1 Å². The van der Waals surface area contributed by atoms with Gasteiger partial charge in [-0.15, -0.1) is 0 Å². The number of nitrogens with zero attached hydrogens (tertiary/aromatic N) is 3. The maximum Gasteiger partial charge on any atom is 0.321 e. The molecule has 4 aliphatic rings. The van der Waals surface area contributed by atoms with E-state index >= 15 is 0 Å². The lowest BCUT2D eigenvalue weighted by Gasteiger charge is -2.42. The third-order valence-electron chi connectivity index (χ3n) is 11.4. The number of piperidine rings is 1. The van der Waals surface area contributed by atoms with E-state index in [9.17, 15) is 15.0 Å². The molecule has 0 bridgehead atoms. The highest BCUT2D eigenvalue weighted by molar-refractivity contribution is 6.30. The van der Waals surface area contributed by atoms with E-state index in [1.807, 2.05) is 12.1 Å². The van der Waals surface area contributed by atoms with Gasteiger partial charge in [0.05, 0.1) is 0 Å². The second-order valence-electron chi connectivity index (χ2n) is 14.3. The van der Waals surface area contributed by atoms with Gasteiger partial charge in [0.25, 0.3) is 0 Å². The number of hydrogen-bond donors (Lipinski definition) is 3. The van der Waals surface area contributed by atoms with Crippen LogP contribution in [0.1, 0.15) is 75.8 Å². The second kappa shape index (κ2) is 14.8. The van der Waals surface area contributed by atoms with Crippen LogP contribution < -0.4 is 5.32 Å². The number of aliphatic hydroxyl groups excluding tert-OH is 1. The van der Waals surface area contributed by atoms with Gasteiger partial charge in [0.2, 0.25) is 0 Å². The molecular weight excluding hydrogens is 584 g/mol. The molecule has 2 heterocycles. The van der Waals surface area contributed by atoms with E-state index in [1.165, 1.54) is 17.5 Å². The quantitative estimate of drug-likeness (QED) is 0.240. The third kappa shape index (κ3) is 7.94. The number of carboxylic acid groups (broad SMARTS) is 1. The molecule has 2 unspecified atom stereocenters. The fourth-order valence-corrected chi connectivity index (χ4v) is 8.93. The minimum Gasteiger partial charge on any atom is -0.480 e. The molecule has 2 saturated heterocycles. The van der Waals surface area contributed by atoms with E-state index in [-0.39, 0.29) is 17.5 Å². The molecule has 8 heteroatoms. The zero-order chi connectivity index (χ0) is 31.4. The first-order valence-corrected chi connectivity index (χ1v) is 17.9. The first-order valence-electron chi connectivity index (χ1n) is 17.6. The molecule has 45 heavy (non-hydrogen) atoms. The molecule has 7 nitrogen and oxygen atoms in total. The number of likely N-dealkylation sites (tertiary alicyclic amines) is 2. The standard InChI is InChI=1S/C37H53ClN4O3/c1-2-42(36(45)39-37(19-20-37)31-13-15-32(38)16-14-31)33-17-21-40(22-18-33)24-30-26-41(25-29(30)23-27-9-5-3-6-10-27)34(35(43)44)28-11-7-4-8-12-28/h3,5-6,9-10,13-16,28-30,33-34,36,39,45H,2,4,7-8,11-12,17-26H2,1H3,(H,43,44)/t29?,30-,34+,36?/m0/s1. The van der Waals surface area contributed by atoms with Crippen LogP contribution in [0.2, 0.25) is 5.02 Å². The Morgan fingerprint density at radius 3 is 2.27 bits per heavy atom. The van der Waals surface area contributed by atoms with E-state index in [0.717, 1.165) is 102 Å². The van der Waals surface area contributed by atoms with Gasteiger partial charge in [-0.2, -0.15) is 0 Å². The number of aliphatic hydroxyl groups is 1. The van der Waals surface area contributed by atoms with Crippen molar-refractivity contribution in [1.82, 2.24) is 20.0 Å². The Morgan fingerprint density at radius 1 is 0.978 bits per heavy atom. The van der Waals surface area contributed by atoms with Crippen LogP contribution >= 0.6 is 11.6 Å². The fourth-order valence-electron chi connectivity index (χ4n) is 8.80. The molecule has 2 saturated carbocycles. The van der Waals surface area contributed by atoms with Crippen molar-refractivity contribution >= 4 is 17.6 Å². The molecule has 4 atom stereocenters. The molecule has 2 aromatic rings. The highest BCUT2D eigenvalue weighted by atomic mass is 35.5. The van der Waals surface area contributed by atoms with Crippen molar-refractivity contribution in [3.8, 4) is 0 Å². The van der Waals surface area contributed by atoms with E-state index in [1.54, 1.807) is 0 Å². The summed E-state index contributed by atoms with van der Waals surface area (Å²) in [5, 5.41) is 26.1. The SMILES string of the molecule is CCN(C1CCN(C[C@H]2CN([C@@H](C(=O)O)C3CCCCC3)CC2Cc2ccccc2)CC1)C(O)NC1(c2ccc(Cl)cc2)CC1. The van der Waals surface area contributed by atoms with Gasteiger partial charge < -0.3 is 15.1 Å². The van der Waals surface area contributed by atoms with E-state index in [2.05, 4.69) is 69.4 Å². The van der Waals surface area contributed by atoms with Gasteiger partial charge in [-0.1, -0.05) is 80.3 Å². The summed E-state index contributed by atoms with van der Waals surface area (Å²) in [7, 11) is 0. The van der Waals surface area contributed by atoms with Crippen LogP contribution in [0.4, 0.5) is 0 Å². The molecule has 3 N–H and O–H groups in total. The van der Waals surface area contributed by atoms with Gasteiger partial charge in [0.1, 0.15) is 6.04 Å². The number of aliphatic carboxylic acids is 1. The van der Waals surface area contributed by atoms with Gasteiger partial charge in [0, 0.05) is 36.2 Å². The summed E-state index contributed by atoms with van der Waals surface area (Å²) in [6.45, 7) is 7.73. The van der Waals surface area contributed by atoms with Crippen molar-refractivity contribution < 1.29 is 15.0 Å². The highest BCUT2D eigenvalue weighted by Crippen LogP contribution is 2.46. The number of halogens is 1. The number of hydrogen-bond acceptors (Lipinski definition) is 6. The Bertz CT molecular complexity index is 1230. The first kappa shape index (κ1) is 32.9. The number of carbonyl (C=O) groups is 1. The summed E-state index contributed by atoms with van der Waals surface area (Å²) >= 11 is 6.13. The molecule has 2 aliphatic carbocycles. The number of carboxylic acids is 1. The second-order valence-corrected chi connectivity index (χ2v) is 14.8. The Morgan fingerprint density at radius 2 is 1.64 bits per heavy atom. The largest absolute Gasteiger partial charge is 0.480 e. The van der Waals surface area contributed by atoms with Crippen molar-refractivity contribution in [3.63, 3.8) is 0 Å². The van der Waals surface area contributed by atoms with Gasteiger partial charge >= 0.3 is 5.97 Å². The average molecular weight is 637 g/mol. The highest BCUT2D eigenvalue weighted by Gasteiger charge is 2.47. The molecule has 246 valence electrons. The maximum atomic E-state index is 12.6. The van der Waals surface area contributed by atoms with Crippen molar-refractivity contribution in [3.05, 3.63) is 70.7 Å². The van der Waals surface area contributed by atoms with Gasteiger partial charge in [0.15, 0.2) is 6.35 Å². The minimum absolute atomic E-state index is 0.161. The lowest BCUT2D eigenvalue weighted by Crippen LogP contribution is -2.56. The number of rotatable bonds is 13. The summed E-state index contributed by atoms with van der Waals surface area (Å²) in [6, 6.07) is 18.8. The lowest BCUT2D eigenvalue weighted by molar-refractivity contribution is -0.145. The van der Waals surface area contributed by atoms with Crippen LogP contribution in [0, 0.1) is 17.8 Å². The molecular formula is C37H53ClN4O3. The Balaban J connectivity index is 1.07. The summed E-state index contributed by atoms with van der Waals surface area (Å²) in [5.74, 6) is 0.558. The van der Waals surface area contributed by atoms with Crippen LogP contribution in [0.15, 0.2) is 54.6 Å². The van der Waals surface area contributed by atoms with Crippen molar-refractivity contribution in [2.24, 2.45) is 17.8 Å². The third-order valence-corrected chi connectivity index (χ3v) is 11.7. The van der Waals surface area contributed by atoms with Gasteiger partial charge in [-0.05, 0) is 106 Å². The smallest absolute Gasteiger partial charge is 0.321 e. The molecule has 0 amide bonds. The van der Waals surface area contributed by atoms with E-state index < -0.39 is 12.3 Å². The van der Waals surface area contributed by atoms with Crippen LogP contribution in [-0.4, -0.2) is 88.6 Å². The first-order chi connectivity index (χ1) is 21.8. The molecule has 2 aliphatic heterocycles. The minimum atomic E-state index is -0.684. The fraction of sp³-hybridized carbons (Fsp3) is 0.649. The zero-order valence-electron chi connectivity index (χ0n) is 27.0. The lowest BCUT2D eigenvalue weighted by atomic mass is 9.83. The summed E-state index contributed by atoms with van der Waals surface area (Å²) in [5.41, 5.74) is 2.39. The maximum absolute atomic E-state index is 12.6. The Hall–Kier alpha value is -2.00. The number of benzene rings is 2. The van der Waals surface area contributed by atoms with Crippen molar-refractivity contribution in [1.29, 1.82) is 0 Å². The van der Waals surface area contributed by atoms with Crippen LogP contribution in [0.25, 0.3) is 0 Å². The van der Waals surface area contributed by atoms with Crippen LogP contribution in [0.5, 0.6) is 0 Å². The molecule has 0 aromatic heterocycles. The Kier molecular flexibility index (Phi) is 10.8. The van der Waals surface area contributed by atoms with E-state index in [0.29, 0.717) is 17.9 Å². The zero-order valence-corrected chi connectivity index (χ0v) is 27.8. The monoisotopic (exact) mass is 636 g/mol. The molecule has 0 spiro atoms. The van der Waals surface area contributed by atoms with Crippen LogP contribution in [-0.2, 0) is 16.8 Å². The summed E-state index contributed by atoms with van der Waals surface area (Å²) < 4.78 is 0. The number of nitrogens with one attached hydrogen (secondary N) is 1. The van der Waals surface area contributed by atoms with E-state index in [4.69, 9.17) is 11.6 Å². The molecule has 2 aromatic carbocycles. The average Bonchev–Trinajstić information content (AvgIpc) is 3.73.